The van der Waals surface area contributed by atoms with E-state index in [0.717, 1.165) is 4.90 Å². The molecule has 2 N–H and O–H groups in total. The van der Waals surface area contributed by atoms with Gasteiger partial charge in [-0.3, -0.25) is 4.79 Å². The van der Waals surface area contributed by atoms with Crippen molar-refractivity contribution in [2.75, 3.05) is 13.1 Å². The van der Waals surface area contributed by atoms with Gasteiger partial charge in [-0.05, 0) is 6.42 Å². The van der Waals surface area contributed by atoms with Crippen molar-refractivity contribution < 1.29 is 13.6 Å². The van der Waals surface area contributed by atoms with E-state index >= 15 is 0 Å². The fraction of sp³-hybridized carbons (Fsp3) is 0.833. The molecule has 0 unspecified atom stereocenters. The van der Waals surface area contributed by atoms with Gasteiger partial charge in [-0.15, -0.1) is 0 Å². The van der Waals surface area contributed by atoms with Crippen LogP contribution in [0.2, 0.25) is 0 Å². The van der Waals surface area contributed by atoms with E-state index in [4.69, 9.17) is 5.73 Å². The van der Waals surface area contributed by atoms with E-state index in [-0.39, 0.29) is 12.6 Å². The van der Waals surface area contributed by atoms with E-state index in [1.54, 1.807) is 0 Å². The van der Waals surface area contributed by atoms with Crippen molar-refractivity contribution in [3.05, 3.63) is 0 Å². The quantitative estimate of drug-likeness (QED) is 0.584. The first kappa shape index (κ1) is 8.39. The summed E-state index contributed by atoms with van der Waals surface area (Å²) in [6.45, 7) is 0.632. The lowest BCUT2D eigenvalue weighted by Crippen LogP contribution is -2.35. The van der Waals surface area contributed by atoms with Crippen LogP contribution >= 0.6 is 0 Å². The second-order valence-corrected chi connectivity index (χ2v) is 2.63. The Labute approximate surface area is 63.2 Å². The molecule has 1 heterocycles. The van der Waals surface area contributed by atoms with Crippen molar-refractivity contribution in [3.8, 4) is 0 Å². The number of rotatable bonds is 1. The van der Waals surface area contributed by atoms with E-state index < -0.39 is 12.3 Å². The van der Waals surface area contributed by atoms with Crippen LogP contribution in [0.3, 0.4) is 0 Å². The van der Waals surface area contributed by atoms with E-state index in [1.807, 2.05) is 0 Å². The molecule has 11 heavy (non-hydrogen) atoms. The molecule has 5 heteroatoms. The van der Waals surface area contributed by atoms with Crippen LogP contribution in [0.1, 0.15) is 6.42 Å². The highest BCUT2D eigenvalue weighted by Crippen LogP contribution is 2.10. The normalized spacial score (nSPS) is 24.7. The lowest BCUT2D eigenvalue weighted by atomic mass is 10.3. The first-order chi connectivity index (χ1) is 5.11. The summed E-state index contributed by atoms with van der Waals surface area (Å²) in [5, 5.41) is 0. The average molecular weight is 164 g/mol. The molecule has 0 aromatic heterocycles. The molecule has 1 saturated heterocycles. The number of nitrogens with zero attached hydrogens (tertiary/aromatic N) is 1. The number of nitrogens with two attached hydrogens (primary N) is 1. The van der Waals surface area contributed by atoms with Crippen LogP contribution in [0.15, 0.2) is 0 Å². The summed E-state index contributed by atoms with van der Waals surface area (Å²) >= 11 is 0. The molecule has 1 aliphatic rings. The maximum atomic E-state index is 11.8. The molecule has 1 fully saturated rings. The van der Waals surface area contributed by atoms with Crippen molar-refractivity contribution in [2.45, 2.75) is 18.9 Å². The number of carbonyl (C=O) groups excluding carboxylic acids is 1. The number of hydrogen-bond donors (Lipinski definition) is 1. The maximum absolute atomic E-state index is 11.8. The molecule has 0 bridgehead atoms. The van der Waals surface area contributed by atoms with Crippen molar-refractivity contribution >= 4 is 5.91 Å². The summed E-state index contributed by atoms with van der Waals surface area (Å²) < 4.78 is 23.6. The second kappa shape index (κ2) is 3.13. The molecule has 1 rings (SSSR count). The first-order valence-electron chi connectivity index (χ1n) is 3.44. The number of alkyl halides is 2. The van der Waals surface area contributed by atoms with Crippen LogP contribution in [-0.4, -0.2) is 36.4 Å². The Morgan fingerprint density at radius 1 is 1.64 bits per heavy atom. The van der Waals surface area contributed by atoms with Gasteiger partial charge in [0, 0.05) is 19.1 Å². The second-order valence-electron chi connectivity index (χ2n) is 2.63. The van der Waals surface area contributed by atoms with Crippen LogP contribution in [0.5, 0.6) is 0 Å². The number of amides is 1. The molecule has 1 aliphatic heterocycles. The van der Waals surface area contributed by atoms with Crippen molar-refractivity contribution in [1.29, 1.82) is 0 Å². The van der Waals surface area contributed by atoms with Gasteiger partial charge in [0.2, 0.25) is 0 Å². The molecule has 0 aromatic carbocycles. The molecule has 3 nitrogen and oxygen atoms in total. The zero-order chi connectivity index (χ0) is 8.43. The third-order valence-corrected chi connectivity index (χ3v) is 1.72. The minimum Gasteiger partial charge on any atom is -0.336 e. The van der Waals surface area contributed by atoms with Crippen LogP contribution in [0, 0.1) is 0 Å². The van der Waals surface area contributed by atoms with Crippen LogP contribution < -0.4 is 5.73 Å². The van der Waals surface area contributed by atoms with Gasteiger partial charge in [-0.1, -0.05) is 0 Å². The first-order valence-corrected chi connectivity index (χ1v) is 3.44. The molecule has 0 radical (unpaired) electrons. The summed E-state index contributed by atoms with van der Waals surface area (Å²) in [5.74, 6) is -1.10. The maximum Gasteiger partial charge on any atom is 0.315 e. The standard InChI is InChI=1S/C6H10F2N2O/c7-5(8)6(11)10-2-1-4(9)3-10/h4-5H,1-3,9H2/t4-/m0/s1. The SMILES string of the molecule is N[C@H]1CCN(C(=O)C(F)F)C1. The molecular weight excluding hydrogens is 154 g/mol. The number of halogens is 2. The van der Waals surface area contributed by atoms with Gasteiger partial charge < -0.3 is 10.6 Å². The van der Waals surface area contributed by atoms with Crippen molar-refractivity contribution in [2.24, 2.45) is 5.73 Å². The fourth-order valence-electron chi connectivity index (χ4n) is 1.13. The Balaban J connectivity index is 2.43. The highest BCUT2D eigenvalue weighted by molar-refractivity contribution is 5.79. The summed E-state index contributed by atoms with van der Waals surface area (Å²) in [6.07, 6.45) is -2.27. The lowest BCUT2D eigenvalue weighted by molar-refractivity contribution is -0.141. The smallest absolute Gasteiger partial charge is 0.315 e. The molecule has 64 valence electrons. The van der Waals surface area contributed by atoms with Crippen molar-refractivity contribution in [3.63, 3.8) is 0 Å². The Kier molecular flexibility index (Phi) is 2.38. The molecule has 0 spiro atoms. The van der Waals surface area contributed by atoms with Gasteiger partial charge in [0.05, 0.1) is 0 Å². The Morgan fingerprint density at radius 2 is 2.27 bits per heavy atom. The number of likely N-dealkylation sites (tertiary alicyclic amines) is 1. The highest BCUT2D eigenvalue weighted by atomic mass is 19.3. The largest absolute Gasteiger partial charge is 0.336 e. The topological polar surface area (TPSA) is 46.3 Å². The summed E-state index contributed by atoms with van der Waals surface area (Å²) in [7, 11) is 0. The van der Waals surface area contributed by atoms with Gasteiger partial charge in [-0.25, -0.2) is 0 Å². The minimum atomic E-state index is -2.89. The molecular formula is C6H10F2N2O. The van der Waals surface area contributed by atoms with Crippen LogP contribution in [0.4, 0.5) is 8.78 Å². The molecule has 1 atom stereocenters. The minimum absolute atomic E-state index is 0.127. The van der Waals surface area contributed by atoms with Crippen LogP contribution in [-0.2, 0) is 4.79 Å². The Hall–Kier alpha value is -0.710. The van der Waals surface area contributed by atoms with E-state index in [2.05, 4.69) is 0 Å². The zero-order valence-electron chi connectivity index (χ0n) is 5.96. The van der Waals surface area contributed by atoms with Gasteiger partial charge in [0.15, 0.2) is 0 Å². The Morgan fingerprint density at radius 3 is 2.64 bits per heavy atom. The monoisotopic (exact) mass is 164 g/mol. The van der Waals surface area contributed by atoms with Gasteiger partial charge in [-0.2, -0.15) is 8.78 Å². The zero-order valence-corrected chi connectivity index (χ0v) is 5.96. The molecule has 0 aliphatic carbocycles. The predicted molar refractivity (Wildman–Crippen MR) is 35.2 cm³/mol. The average Bonchev–Trinajstić information content (AvgIpc) is 2.34. The number of hydrogen-bond acceptors (Lipinski definition) is 2. The van der Waals surface area contributed by atoms with E-state index in [1.165, 1.54) is 0 Å². The lowest BCUT2D eigenvalue weighted by Gasteiger charge is -2.14. The number of carbonyl (C=O) groups is 1. The van der Waals surface area contributed by atoms with Gasteiger partial charge in [0.25, 0.3) is 5.91 Å². The molecule has 0 saturated carbocycles. The van der Waals surface area contributed by atoms with Crippen molar-refractivity contribution in [1.82, 2.24) is 4.90 Å². The van der Waals surface area contributed by atoms with Gasteiger partial charge >= 0.3 is 6.43 Å². The summed E-state index contributed by atoms with van der Waals surface area (Å²) in [5.41, 5.74) is 5.42. The predicted octanol–water partition coefficient (Wildman–Crippen LogP) is -0.189. The third kappa shape index (κ3) is 1.86. The molecule has 1 amide bonds. The van der Waals surface area contributed by atoms with E-state index in [0.29, 0.717) is 13.0 Å². The highest BCUT2D eigenvalue weighted by Gasteiger charge is 2.28. The third-order valence-electron chi connectivity index (χ3n) is 1.72. The van der Waals surface area contributed by atoms with Crippen LogP contribution in [0.25, 0.3) is 0 Å². The molecule has 0 aromatic rings. The summed E-state index contributed by atoms with van der Waals surface area (Å²) in [6, 6.07) is -0.127. The van der Waals surface area contributed by atoms with Gasteiger partial charge in [0.1, 0.15) is 0 Å². The Bertz CT molecular complexity index is 163. The summed E-state index contributed by atoms with van der Waals surface area (Å²) in [4.78, 5) is 11.7. The fourth-order valence-corrected chi connectivity index (χ4v) is 1.13. The van der Waals surface area contributed by atoms with E-state index in [9.17, 15) is 13.6 Å².